The van der Waals surface area contributed by atoms with Gasteiger partial charge in [0.1, 0.15) is 0 Å². The van der Waals surface area contributed by atoms with Crippen molar-refractivity contribution >= 4 is 28.9 Å². The van der Waals surface area contributed by atoms with Crippen molar-refractivity contribution in [1.82, 2.24) is 0 Å². The maximum atomic E-state index is 12.3. The first kappa shape index (κ1) is 14.4. The van der Waals surface area contributed by atoms with Crippen LogP contribution in [-0.2, 0) is 0 Å². The molecule has 3 N–H and O–H groups in total. The summed E-state index contributed by atoms with van der Waals surface area (Å²) in [5.74, 6) is -0.184. The number of nitrogens with one attached hydrogen (secondary N) is 1. The Labute approximate surface area is 123 Å². The van der Waals surface area contributed by atoms with Crippen LogP contribution >= 0.6 is 11.6 Å². The summed E-state index contributed by atoms with van der Waals surface area (Å²) in [4.78, 5) is 12.3. The molecule has 0 aliphatic carbocycles. The summed E-state index contributed by atoms with van der Waals surface area (Å²) in [5, 5.41) is 3.43. The molecular formula is C16H17ClN2O. The van der Waals surface area contributed by atoms with Crippen molar-refractivity contribution in [3.05, 3.63) is 57.6 Å². The van der Waals surface area contributed by atoms with E-state index in [1.807, 2.05) is 32.9 Å². The maximum Gasteiger partial charge on any atom is 0.255 e. The molecule has 2 rings (SSSR count). The molecule has 0 heterocycles. The highest BCUT2D eigenvalue weighted by molar-refractivity contribution is 6.31. The number of benzene rings is 2. The van der Waals surface area contributed by atoms with E-state index in [1.165, 1.54) is 0 Å². The first-order valence-electron chi connectivity index (χ1n) is 6.32. The van der Waals surface area contributed by atoms with Gasteiger partial charge >= 0.3 is 0 Å². The second-order valence-corrected chi connectivity index (χ2v) is 5.37. The highest BCUT2D eigenvalue weighted by Gasteiger charge is 2.12. The van der Waals surface area contributed by atoms with E-state index in [0.29, 0.717) is 16.3 Å². The molecule has 0 saturated carbocycles. The van der Waals surface area contributed by atoms with Crippen molar-refractivity contribution in [3.8, 4) is 0 Å². The van der Waals surface area contributed by atoms with Gasteiger partial charge in [-0.15, -0.1) is 0 Å². The van der Waals surface area contributed by atoms with Crippen LogP contribution in [0.15, 0.2) is 30.3 Å². The second-order valence-electron chi connectivity index (χ2n) is 4.94. The Kier molecular flexibility index (Phi) is 4.00. The highest BCUT2D eigenvalue weighted by Crippen LogP contribution is 2.24. The minimum atomic E-state index is -0.184. The zero-order chi connectivity index (χ0) is 14.9. The lowest BCUT2D eigenvalue weighted by molar-refractivity contribution is 0.102. The van der Waals surface area contributed by atoms with Crippen molar-refractivity contribution in [2.75, 3.05) is 11.1 Å². The number of rotatable bonds is 2. The third kappa shape index (κ3) is 2.94. The van der Waals surface area contributed by atoms with Gasteiger partial charge in [-0.25, -0.2) is 0 Å². The molecule has 2 aromatic rings. The Hall–Kier alpha value is -2.00. The zero-order valence-electron chi connectivity index (χ0n) is 11.8. The molecule has 20 heavy (non-hydrogen) atoms. The number of hydrogen-bond acceptors (Lipinski definition) is 2. The molecule has 0 aliphatic rings. The Morgan fingerprint density at radius 3 is 2.45 bits per heavy atom. The zero-order valence-corrected chi connectivity index (χ0v) is 12.5. The van der Waals surface area contributed by atoms with Crippen LogP contribution in [0.25, 0.3) is 0 Å². The van der Waals surface area contributed by atoms with E-state index in [-0.39, 0.29) is 5.91 Å². The molecule has 0 fully saturated rings. The third-order valence-electron chi connectivity index (χ3n) is 3.31. The number of carbonyl (C=O) groups excluding carboxylic acids is 1. The van der Waals surface area contributed by atoms with Gasteiger partial charge in [-0.3, -0.25) is 4.79 Å². The monoisotopic (exact) mass is 288 g/mol. The summed E-state index contributed by atoms with van der Waals surface area (Å²) >= 11 is 5.94. The average molecular weight is 289 g/mol. The predicted octanol–water partition coefficient (Wildman–Crippen LogP) is 4.10. The quantitative estimate of drug-likeness (QED) is 0.818. The molecule has 104 valence electrons. The highest BCUT2D eigenvalue weighted by atomic mass is 35.5. The number of amides is 1. The van der Waals surface area contributed by atoms with E-state index >= 15 is 0 Å². The van der Waals surface area contributed by atoms with Crippen LogP contribution in [-0.4, -0.2) is 5.91 Å². The van der Waals surface area contributed by atoms with Crippen molar-refractivity contribution < 1.29 is 4.79 Å². The maximum absolute atomic E-state index is 12.3. The minimum Gasteiger partial charge on any atom is -0.398 e. The molecular weight excluding hydrogens is 272 g/mol. The van der Waals surface area contributed by atoms with Gasteiger partial charge in [0, 0.05) is 22.0 Å². The first-order chi connectivity index (χ1) is 9.38. The van der Waals surface area contributed by atoms with Crippen molar-refractivity contribution in [2.24, 2.45) is 0 Å². The van der Waals surface area contributed by atoms with Gasteiger partial charge in [0.25, 0.3) is 5.91 Å². The summed E-state index contributed by atoms with van der Waals surface area (Å²) in [5.41, 5.74) is 10.7. The smallest absolute Gasteiger partial charge is 0.255 e. The molecule has 0 aliphatic heterocycles. The Morgan fingerprint density at radius 2 is 1.75 bits per heavy atom. The molecule has 0 bridgehead atoms. The lowest BCUT2D eigenvalue weighted by atomic mass is 10.1. The van der Waals surface area contributed by atoms with Crippen molar-refractivity contribution in [2.45, 2.75) is 20.8 Å². The van der Waals surface area contributed by atoms with Crippen LogP contribution in [0, 0.1) is 20.8 Å². The number of halogens is 1. The Balaban J connectivity index is 2.32. The van der Waals surface area contributed by atoms with Gasteiger partial charge in [-0.1, -0.05) is 23.7 Å². The van der Waals surface area contributed by atoms with Crippen LogP contribution in [0.2, 0.25) is 5.02 Å². The summed E-state index contributed by atoms with van der Waals surface area (Å²) in [6, 6.07) is 8.99. The normalized spacial score (nSPS) is 10.4. The predicted molar refractivity (Wildman–Crippen MR) is 84.5 cm³/mol. The molecule has 0 atom stereocenters. The fraction of sp³-hybridized carbons (Fsp3) is 0.188. The molecule has 0 radical (unpaired) electrons. The summed E-state index contributed by atoms with van der Waals surface area (Å²) in [6.07, 6.45) is 0. The van der Waals surface area contributed by atoms with Gasteiger partial charge in [0.15, 0.2) is 0 Å². The summed E-state index contributed by atoms with van der Waals surface area (Å²) in [6.45, 7) is 5.75. The van der Waals surface area contributed by atoms with Crippen LogP contribution in [0.4, 0.5) is 11.4 Å². The van der Waals surface area contributed by atoms with Crippen molar-refractivity contribution in [3.63, 3.8) is 0 Å². The SMILES string of the molecule is Cc1cc(C)c(NC(=O)c2cc(Cl)ccc2C)cc1N. The van der Waals surface area contributed by atoms with Crippen molar-refractivity contribution in [1.29, 1.82) is 0 Å². The van der Waals surface area contributed by atoms with Crippen LogP contribution in [0.5, 0.6) is 0 Å². The number of aryl methyl sites for hydroxylation is 3. The largest absolute Gasteiger partial charge is 0.398 e. The molecule has 3 nitrogen and oxygen atoms in total. The van der Waals surface area contributed by atoms with E-state index in [0.717, 1.165) is 22.4 Å². The minimum absolute atomic E-state index is 0.184. The molecule has 1 amide bonds. The Morgan fingerprint density at radius 1 is 1.05 bits per heavy atom. The molecule has 0 saturated heterocycles. The number of hydrogen-bond donors (Lipinski definition) is 2. The van der Waals surface area contributed by atoms with Gasteiger partial charge in [0.2, 0.25) is 0 Å². The van der Waals surface area contributed by atoms with Gasteiger partial charge in [-0.05, 0) is 55.7 Å². The van der Waals surface area contributed by atoms with E-state index in [9.17, 15) is 4.79 Å². The topological polar surface area (TPSA) is 55.1 Å². The molecule has 0 aromatic heterocycles. The fourth-order valence-corrected chi connectivity index (χ4v) is 2.20. The lowest BCUT2D eigenvalue weighted by Gasteiger charge is -2.12. The summed E-state index contributed by atoms with van der Waals surface area (Å²) in [7, 11) is 0. The molecule has 0 unspecified atom stereocenters. The summed E-state index contributed by atoms with van der Waals surface area (Å²) < 4.78 is 0. The fourth-order valence-electron chi connectivity index (χ4n) is 2.03. The number of nitrogens with two attached hydrogens (primary N) is 1. The standard InChI is InChI=1S/C16H17ClN2O/c1-9-4-5-12(17)7-13(9)16(20)19-15-8-14(18)10(2)6-11(15)3/h4-8H,18H2,1-3H3,(H,19,20). The van der Waals surface area contributed by atoms with Gasteiger partial charge in [-0.2, -0.15) is 0 Å². The molecule has 2 aromatic carbocycles. The second kappa shape index (κ2) is 5.55. The van der Waals surface area contributed by atoms with Gasteiger partial charge in [0.05, 0.1) is 0 Å². The number of nitrogen functional groups attached to an aromatic ring is 1. The molecule has 0 spiro atoms. The average Bonchev–Trinajstić information content (AvgIpc) is 2.38. The van der Waals surface area contributed by atoms with Crippen LogP contribution < -0.4 is 11.1 Å². The van der Waals surface area contributed by atoms with E-state index < -0.39 is 0 Å². The number of carbonyl (C=O) groups is 1. The van der Waals surface area contributed by atoms with Crippen LogP contribution in [0.1, 0.15) is 27.0 Å². The molecule has 4 heteroatoms. The lowest BCUT2D eigenvalue weighted by Crippen LogP contribution is -2.14. The number of anilines is 2. The van der Waals surface area contributed by atoms with Crippen LogP contribution in [0.3, 0.4) is 0 Å². The Bertz CT molecular complexity index is 680. The van der Waals surface area contributed by atoms with E-state index in [4.69, 9.17) is 17.3 Å². The van der Waals surface area contributed by atoms with E-state index in [1.54, 1.807) is 18.2 Å². The van der Waals surface area contributed by atoms with E-state index in [2.05, 4.69) is 5.32 Å². The van der Waals surface area contributed by atoms with Gasteiger partial charge < -0.3 is 11.1 Å². The first-order valence-corrected chi connectivity index (χ1v) is 6.70. The third-order valence-corrected chi connectivity index (χ3v) is 3.54.